The molecule has 0 radical (unpaired) electrons. The minimum absolute atomic E-state index is 0.00857. The fraction of sp³-hybridized carbons (Fsp3) is 0.394. The van der Waals surface area contributed by atoms with E-state index in [1.54, 1.807) is 29.8 Å². The number of benzene rings is 2. The summed E-state index contributed by atoms with van der Waals surface area (Å²) in [5, 5.41) is 19.5. The number of carbonyl (C=O) groups is 2. The Hall–Kier alpha value is -4.96. The number of nitrogens with one attached hydrogen (secondary N) is 3. The molecule has 46 heavy (non-hydrogen) atoms. The van der Waals surface area contributed by atoms with Crippen LogP contribution in [0.25, 0.3) is 21.5 Å². The lowest BCUT2D eigenvalue weighted by atomic mass is 10.0. The summed E-state index contributed by atoms with van der Waals surface area (Å²) in [6.45, 7) is 8.54. The first kappa shape index (κ1) is 32.4. The van der Waals surface area contributed by atoms with E-state index >= 15 is 0 Å². The number of alkyl carbamates (subject to hydrolysis) is 2. The molecular weight excluding hydrogens is 606 g/mol. The zero-order chi connectivity index (χ0) is 32.8. The third-order valence-electron chi connectivity index (χ3n) is 7.35. The van der Waals surface area contributed by atoms with Gasteiger partial charge >= 0.3 is 12.2 Å². The highest BCUT2D eigenvalue weighted by Crippen LogP contribution is 2.35. The Bertz CT molecular complexity index is 1840. The van der Waals surface area contributed by atoms with Crippen LogP contribution in [0.5, 0.6) is 0 Å². The zero-order valence-corrected chi connectivity index (χ0v) is 27.1. The summed E-state index contributed by atoms with van der Waals surface area (Å²) in [7, 11) is 0. The van der Waals surface area contributed by atoms with Crippen molar-refractivity contribution in [2.45, 2.75) is 71.7 Å². The molecule has 3 N–H and O–H groups in total. The van der Waals surface area contributed by atoms with Gasteiger partial charge in [-0.15, -0.1) is 11.3 Å². The Morgan fingerprint density at radius 1 is 1.22 bits per heavy atom. The largest absolute Gasteiger partial charge is 0.450 e. The van der Waals surface area contributed by atoms with Crippen molar-refractivity contribution < 1.29 is 19.1 Å². The van der Waals surface area contributed by atoms with Gasteiger partial charge < -0.3 is 25.4 Å². The van der Waals surface area contributed by atoms with Crippen molar-refractivity contribution in [3.63, 3.8) is 0 Å². The van der Waals surface area contributed by atoms with Crippen LogP contribution in [0.2, 0.25) is 0 Å². The fourth-order valence-electron chi connectivity index (χ4n) is 5.12. The molecule has 0 aliphatic carbocycles. The van der Waals surface area contributed by atoms with Crippen molar-refractivity contribution in [1.29, 1.82) is 5.26 Å². The molecule has 0 unspecified atom stereocenters. The van der Waals surface area contributed by atoms with E-state index in [1.807, 2.05) is 45.0 Å². The molecule has 13 heteroatoms. The molecule has 12 nitrogen and oxygen atoms in total. The molecule has 1 aliphatic rings. The third kappa shape index (κ3) is 8.19. The molecule has 4 aromatic rings. The maximum atomic E-state index is 13.9. The number of aromatic nitrogens is 3. The number of ether oxygens (including phenoxy) is 2. The minimum Gasteiger partial charge on any atom is -0.450 e. The number of anilines is 1. The van der Waals surface area contributed by atoms with Crippen LogP contribution >= 0.6 is 11.3 Å². The van der Waals surface area contributed by atoms with Gasteiger partial charge in [-0.3, -0.25) is 9.36 Å². The first-order valence-corrected chi connectivity index (χ1v) is 15.9. The summed E-state index contributed by atoms with van der Waals surface area (Å²) >= 11 is 1.43. The van der Waals surface area contributed by atoms with Crippen LogP contribution < -0.4 is 21.5 Å². The topological polar surface area (TPSA) is 160 Å². The normalized spacial score (nSPS) is 15.5. The third-order valence-corrected chi connectivity index (χ3v) is 8.38. The van der Waals surface area contributed by atoms with E-state index in [0.717, 1.165) is 28.1 Å². The molecule has 1 atom stereocenters. The van der Waals surface area contributed by atoms with Gasteiger partial charge in [-0.1, -0.05) is 12.1 Å². The van der Waals surface area contributed by atoms with E-state index in [4.69, 9.17) is 19.7 Å². The Morgan fingerprint density at radius 2 is 2.00 bits per heavy atom. The van der Waals surface area contributed by atoms with Gasteiger partial charge in [0, 0.05) is 34.9 Å². The number of hydrogen-bond acceptors (Lipinski definition) is 10. The number of amides is 2. The van der Waals surface area contributed by atoms with Crippen LogP contribution in [-0.4, -0.2) is 51.5 Å². The Kier molecular flexibility index (Phi) is 9.87. The number of carbonyl (C=O) groups excluding carboxylic acids is 2. The van der Waals surface area contributed by atoms with E-state index in [1.165, 1.54) is 11.3 Å². The minimum atomic E-state index is -0.606. The molecule has 0 saturated carbocycles. The average Bonchev–Trinajstić information content (AvgIpc) is 3.51. The average molecular weight is 644 g/mol. The molecule has 2 amide bonds. The number of hydrogen-bond donors (Lipinski definition) is 3. The van der Waals surface area contributed by atoms with Gasteiger partial charge in [0.05, 0.1) is 42.2 Å². The lowest BCUT2D eigenvalue weighted by Crippen LogP contribution is -2.31. The summed E-state index contributed by atoms with van der Waals surface area (Å²) in [5.74, 6) is 0.557. The number of nitrogens with zero attached hydrogens (tertiary/aromatic N) is 4. The van der Waals surface area contributed by atoms with Crippen LogP contribution in [0.1, 0.15) is 61.9 Å². The SMILES string of the molecule is Cc1nc2cc(-c3ncc(CNC(=O)OC(C)(C)C)s3)c(N[C@@H]3CCCOC(=O)NCC3)cc2c(=O)n1Cc1ccc(C#N)cc1. The monoisotopic (exact) mass is 643 g/mol. The Labute approximate surface area is 270 Å². The Morgan fingerprint density at radius 3 is 2.74 bits per heavy atom. The number of rotatable bonds is 7. The summed E-state index contributed by atoms with van der Waals surface area (Å²) in [6.07, 6.45) is 2.88. The van der Waals surface area contributed by atoms with Gasteiger partial charge in [0.15, 0.2) is 0 Å². The number of thiazole rings is 1. The van der Waals surface area contributed by atoms with Crippen LogP contribution in [0.15, 0.2) is 47.4 Å². The summed E-state index contributed by atoms with van der Waals surface area (Å²) in [5.41, 5.74) is 2.68. The predicted octanol–water partition coefficient (Wildman–Crippen LogP) is 5.46. The van der Waals surface area contributed by atoms with E-state index in [9.17, 15) is 14.4 Å². The first-order chi connectivity index (χ1) is 22.0. The van der Waals surface area contributed by atoms with Crippen molar-refractivity contribution in [3.05, 3.63) is 74.8 Å². The smallest absolute Gasteiger partial charge is 0.407 e. The molecule has 1 saturated heterocycles. The van der Waals surface area contributed by atoms with Gasteiger partial charge in [-0.25, -0.2) is 19.6 Å². The van der Waals surface area contributed by atoms with Gasteiger partial charge in [0.1, 0.15) is 16.4 Å². The van der Waals surface area contributed by atoms with E-state index in [-0.39, 0.29) is 18.1 Å². The maximum Gasteiger partial charge on any atom is 0.407 e. The van der Waals surface area contributed by atoms with Crippen LogP contribution in [-0.2, 0) is 22.6 Å². The molecule has 1 aliphatic heterocycles. The fourth-order valence-corrected chi connectivity index (χ4v) is 6.00. The zero-order valence-electron chi connectivity index (χ0n) is 26.3. The molecule has 5 rings (SSSR count). The van der Waals surface area contributed by atoms with Crippen LogP contribution in [0, 0.1) is 18.3 Å². The molecule has 2 aromatic heterocycles. The van der Waals surface area contributed by atoms with Gasteiger partial charge in [0.25, 0.3) is 5.56 Å². The summed E-state index contributed by atoms with van der Waals surface area (Å²) in [6, 6.07) is 12.9. The van der Waals surface area contributed by atoms with E-state index < -0.39 is 17.8 Å². The van der Waals surface area contributed by atoms with Crippen molar-refractivity contribution in [2.75, 3.05) is 18.5 Å². The lowest BCUT2D eigenvalue weighted by Gasteiger charge is -2.21. The van der Waals surface area contributed by atoms with Crippen LogP contribution in [0.3, 0.4) is 0 Å². The number of cyclic esters (lactones) is 1. The Balaban J connectivity index is 1.50. The van der Waals surface area contributed by atoms with Crippen LogP contribution in [0.4, 0.5) is 15.3 Å². The molecule has 2 aromatic carbocycles. The quantitative estimate of drug-likeness (QED) is 0.237. The van der Waals surface area contributed by atoms with Gasteiger partial charge in [-0.2, -0.15) is 5.26 Å². The second kappa shape index (κ2) is 14.0. The van der Waals surface area contributed by atoms with Crippen molar-refractivity contribution in [1.82, 2.24) is 25.2 Å². The summed E-state index contributed by atoms with van der Waals surface area (Å²) in [4.78, 5) is 48.3. The van der Waals surface area contributed by atoms with Crippen molar-refractivity contribution in [3.8, 4) is 16.6 Å². The van der Waals surface area contributed by atoms with Crippen molar-refractivity contribution in [2.24, 2.45) is 0 Å². The van der Waals surface area contributed by atoms with Gasteiger partial charge in [0.2, 0.25) is 0 Å². The van der Waals surface area contributed by atoms with Gasteiger partial charge in [-0.05, 0) is 76.8 Å². The summed E-state index contributed by atoms with van der Waals surface area (Å²) < 4.78 is 12.2. The van der Waals surface area contributed by atoms with E-state index in [2.05, 4.69) is 27.0 Å². The molecule has 0 bridgehead atoms. The number of aryl methyl sites for hydroxylation is 1. The molecular formula is C33H37N7O5S. The number of fused-ring (bicyclic) bond motifs is 1. The second-order valence-corrected chi connectivity index (χ2v) is 13.2. The first-order valence-electron chi connectivity index (χ1n) is 15.1. The highest BCUT2D eigenvalue weighted by Gasteiger charge is 2.21. The molecule has 3 heterocycles. The highest BCUT2D eigenvalue weighted by molar-refractivity contribution is 7.15. The molecule has 0 spiro atoms. The van der Waals surface area contributed by atoms with E-state index in [0.29, 0.717) is 59.8 Å². The maximum absolute atomic E-state index is 13.9. The molecule has 240 valence electrons. The standard InChI is InChI=1S/C33H37N7O5S/c1-20-38-28-14-25(29-36-17-24(46-29)18-37-32(43)45-33(2,3)4)27(39-23-6-5-13-44-31(42)35-12-11-23)15-26(28)30(41)40(20)19-22-9-7-21(16-34)8-10-22/h7-10,14-15,17,23,39H,5-6,11-13,18-19H2,1-4H3,(H,35,42)(H,37,43)/t23-/m1/s1. The second-order valence-electron chi connectivity index (χ2n) is 12.1. The van der Waals surface area contributed by atoms with Crippen molar-refractivity contribution >= 4 is 40.1 Å². The highest BCUT2D eigenvalue weighted by atomic mass is 32.1. The number of nitriles is 1. The molecule has 1 fully saturated rings. The lowest BCUT2D eigenvalue weighted by molar-refractivity contribution is 0.0524. The predicted molar refractivity (Wildman–Crippen MR) is 176 cm³/mol.